The third-order valence-corrected chi connectivity index (χ3v) is 6.60. The van der Waals surface area contributed by atoms with Crippen molar-refractivity contribution in [3.8, 4) is 17.5 Å². The first-order valence-electron chi connectivity index (χ1n) is 12.5. The Morgan fingerprint density at radius 2 is 1.85 bits per heavy atom. The molecule has 40 heavy (non-hydrogen) atoms. The second-order valence-corrected chi connectivity index (χ2v) is 9.32. The number of amides is 1. The maximum atomic E-state index is 14.0. The highest BCUT2D eigenvalue weighted by molar-refractivity contribution is 6.09. The third kappa shape index (κ3) is 4.35. The molecule has 0 aliphatic heterocycles. The fourth-order valence-corrected chi connectivity index (χ4v) is 4.70. The maximum Gasteiger partial charge on any atom is 0.280 e. The van der Waals surface area contributed by atoms with Gasteiger partial charge in [0.1, 0.15) is 16.9 Å². The van der Waals surface area contributed by atoms with Gasteiger partial charge in [0.25, 0.3) is 11.5 Å². The van der Waals surface area contributed by atoms with Gasteiger partial charge in [0.15, 0.2) is 0 Å². The molecule has 0 saturated heterocycles. The Morgan fingerprint density at radius 1 is 1.02 bits per heavy atom. The topological polar surface area (TPSA) is 125 Å². The number of benzene rings is 1. The average Bonchev–Trinajstić information content (AvgIpc) is 3.57. The Kier molecular flexibility index (Phi) is 6.09. The molecule has 0 fully saturated rings. The van der Waals surface area contributed by atoms with Gasteiger partial charge in [0, 0.05) is 49.1 Å². The highest BCUT2D eigenvalue weighted by Crippen LogP contribution is 2.23. The van der Waals surface area contributed by atoms with E-state index in [0.29, 0.717) is 33.4 Å². The van der Waals surface area contributed by atoms with E-state index in [-0.39, 0.29) is 16.9 Å². The summed E-state index contributed by atoms with van der Waals surface area (Å²) in [7, 11) is 1.82. The minimum absolute atomic E-state index is 0.0778. The van der Waals surface area contributed by atoms with Gasteiger partial charge >= 0.3 is 0 Å². The molecule has 6 aromatic rings. The number of nitrogen functional groups attached to an aromatic ring is 1. The number of hydrogen-bond acceptors (Lipinski definition) is 6. The number of nitrogens with zero attached hydrogens (tertiary/aromatic N) is 6. The Morgan fingerprint density at radius 3 is 2.62 bits per heavy atom. The fourth-order valence-electron chi connectivity index (χ4n) is 4.70. The number of hydrogen-bond donors (Lipinski definition) is 2. The van der Waals surface area contributed by atoms with Crippen molar-refractivity contribution in [2.45, 2.75) is 13.0 Å². The van der Waals surface area contributed by atoms with E-state index in [4.69, 9.17) is 5.73 Å². The number of fused-ring (bicyclic) bond motifs is 2. The molecule has 0 spiro atoms. The van der Waals surface area contributed by atoms with Gasteiger partial charge in [-0.2, -0.15) is 5.10 Å². The number of aryl methyl sites for hydroxylation is 1. The fraction of sp³-hybridized carbons (Fsp3) is 0.100. The summed E-state index contributed by atoms with van der Waals surface area (Å²) in [6.45, 7) is 1.81. The number of pyridine rings is 2. The lowest BCUT2D eigenvalue weighted by molar-refractivity contribution is 0.0940. The number of para-hydroxylation sites is 1. The molecule has 0 radical (unpaired) electrons. The lowest BCUT2D eigenvalue weighted by Gasteiger charge is -2.21. The molecule has 1 atom stereocenters. The molecule has 1 amide bonds. The summed E-state index contributed by atoms with van der Waals surface area (Å²) in [5.41, 5.74) is 9.47. The monoisotopic (exact) mass is 528 g/mol. The van der Waals surface area contributed by atoms with Gasteiger partial charge in [-0.05, 0) is 37.3 Å². The summed E-state index contributed by atoms with van der Waals surface area (Å²) in [6.07, 6.45) is 10.3. The second-order valence-electron chi connectivity index (χ2n) is 9.32. The Hall–Kier alpha value is -5.69. The van der Waals surface area contributed by atoms with Crippen LogP contribution < -0.4 is 16.6 Å². The van der Waals surface area contributed by atoms with Crippen LogP contribution in [0.25, 0.3) is 22.1 Å². The number of carbonyl (C=O) groups excluding carboxylic acids is 1. The van der Waals surface area contributed by atoms with Crippen LogP contribution in [-0.4, -0.2) is 34.6 Å². The van der Waals surface area contributed by atoms with Crippen molar-refractivity contribution < 1.29 is 4.79 Å². The Labute approximate surface area is 228 Å². The lowest BCUT2D eigenvalue weighted by atomic mass is 10.1. The SMILES string of the molecule is CC(NC(=O)c1c(N)ncc2cccnc12)c1cn2ccc(C#Cc3cnn(C)c3)c2c(=O)n1-c1ccccc1. The standard InChI is InChI=1S/C30H24N8O2/c1-19(35-29(39)25-26-22(7-6-13-32-26)16-33-28(25)31)24-18-37-14-12-21(11-10-20-15-34-36(2)17-20)27(37)30(40)38(24)23-8-4-3-5-9-23/h3-9,12-19H,1-2H3,(H2,31,33)(H,35,39). The van der Waals surface area contributed by atoms with Crippen molar-refractivity contribution in [2.75, 3.05) is 5.73 Å². The molecule has 5 aromatic heterocycles. The summed E-state index contributed by atoms with van der Waals surface area (Å²) in [5.74, 6) is 5.82. The zero-order valence-corrected chi connectivity index (χ0v) is 21.7. The van der Waals surface area contributed by atoms with E-state index in [2.05, 4.69) is 32.2 Å². The molecule has 6 rings (SSSR count). The van der Waals surface area contributed by atoms with E-state index >= 15 is 0 Å². The van der Waals surface area contributed by atoms with Crippen LogP contribution in [0.4, 0.5) is 5.82 Å². The van der Waals surface area contributed by atoms with Gasteiger partial charge < -0.3 is 15.5 Å². The quantitative estimate of drug-likeness (QED) is 0.339. The first kappa shape index (κ1) is 24.6. The number of anilines is 1. The van der Waals surface area contributed by atoms with Gasteiger partial charge in [-0.25, -0.2) is 4.98 Å². The second kappa shape index (κ2) is 9.89. The predicted octanol–water partition coefficient (Wildman–Crippen LogP) is 3.24. The molecule has 196 valence electrons. The third-order valence-electron chi connectivity index (χ3n) is 6.60. The zero-order valence-electron chi connectivity index (χ0n) is 21.7. The molecule has 3 N–H and O–H groups in total. The molecule has 10 nitrogen and oxygen atoms in total. The zero-order chi connectivity index (χ0) is 27.8. The van der Waals surface area contributed by atoms with Gasteiger partial charge in [0.05, 0.1) is 34.6 Å². The van der Waals surface area contributed by atoms with Gasteiger partial charge in [-0.1, -0.05) is 30.0 Å². The van der Waals surface area contributed by atoms with E-state index in [1.165, 1.54) is 0 Å². The molecular formula is C30H24N8O2. The lowest BCUT2D eigenvalue weighted by Crippen LogP contribution is -2.33. The molecule has 1 aromatic carbocycles. The number of carbonyl (C=O) groups is 1. The highest BCUT2D eigenvalue weighted by Gasteiger charge is 2.23. The number of rotatable bonds is 4. The smallest absolute Gasteiger partial charge is 0.280 e. The molecule has 10 heteroatoms. The van der Waals surface area contributed by atoms with Gasteiger partial charge in [-0.3, -0.25) is 23.8 Å². The number of nitrogens with two attached hydrogens (primary N) is 1. The molecular weight excluding hydrogens is 504 g/mol. The van der Waals surface area contributed by atoms with E-state index in [1.807, 2.05) is 62.8 Å². The maximum absolute atomic E-state index is 14.0. The first-order chi connectivity index (χ1) is 19.4. The minimum atomic E-state index is -0.587. The molecule has 1 unspecified atom stereocenters. The van der Waals surface area contributed by atoms with Crippen LogP contribution in [0.1, 0.15) is 40.1 Å². The molecule has 0 saturated carbocycles. The predicted molar refractivity (Wildman–Crippen MR) is 152 cm³/mol. The van der Waals surface area contributed by atoms with Crippen LogP contribution in [0.3, 0.4) is 0 Å². The van der Waals surface area contributed by atoms with E-state index in [1.54, 1.807) is 50.6 Å². The average molecular weight is 529 g/mol. The first-order valence-corrected chi connectivity index (χ1v) is 12.5. The minimum Gasteiger partial charge on any atom is -0.383 e. The van der Waals surface area contributed by atoms with Crippen LogP contribution in [0, 0.1) is 11.8 Å². The van der Waals surface area contributed by atoms with Crippen molar-refractivity contribution in [1.29, 1.82) is 0 Å². The molecule has 0 aliphatic rings. The van der Waals surface area contributed by atoms with Crippen LogP contribution in [0.5, 0.6) is 0 Å². The summed E-state index contributed by atoms with van der Waals surface area (Å²) < 4.78 is 5.01. The highest BCUT2D eigenvalue weighted by atomic mass is 16.2. The Balaban J connectivity index is 1.45. The van der Waals surface area contributed by atoms with Crippen molar-refractivity contribution in [3.05, 3.63) is 118 Å². The summed E-state index contributed by atoms with van der Waals surface area (Å²) in [5, 5.41) is 7.83. The molecule has 0 bridgehead atoms. The van der Waals surface area contributed by atoms with Gasteiger partial charge in [0.2, 0.25) is 0 Å². The number of nitrogens with one attached hydrogen (secondary N) is 1. The van der Waals surface area contributed by atoms with Crippen LogP contribution in [0.2, 0.25) is 0 Å². The summed E-state index contributed by atoms with van der Waals surface area (Å²) in [4.78, 5) is 36.1. The molecule has 5 heterocycles. The van der Waals surface area contributed by atoms with Crippen LogP contribution >= 0.6 is 0 Å². The van der Waals surface area contributed by atoms with E-state index < -0.39 is 11.9 Å². The van der Waals surface area contributed by atoms with Crippen LogP contribution in [-0.2, 0) is 7.05 Å². The van der Waals surface area contributed by atoms with Crippen molar-refractivity contribution in [1.82, 2.24) is 34.0 Å². The van der Waals surface area contributed by atoms with Gasteiger partial charge in [-0.15, -0.1) is 0 Å². The van der Waals surface area contributed by atoms with Crippen molar-refractivity contribution >= 4 is 28.1 Å². The normalized spacial score (nSPS) is 11.8. The summed E-state index contributed by atoms with van der Waals surface area (Å²) >= 11 is 0. The Bertz CT molecular complexity index is 2030. The number of aromatic nitrogens is 6. The van der Waals surface area contributed by atoms with E-state index in [9.17, 15) is 9.59 Å². The van der Waals surface area contributed by atoms with Crippen molar-refractivity contribution in [2.24, 2.45) is 7.05 Å². The van der Waals surface area contributed by atoms with Crippen LogP contribution in [0.15, 0.2) is 90.5 Å². The van der Waals surface area contributed by atoms with Crippen molar-refractivity contribution in [3.63, 3.8) is 0 Å². The largest absolute Gasteiger partial charge is 0.383 e. The molecule has 0 aliphatic carbocycles. The summed E-state index contributed by atoms with van der Waals surface area (Å²) in [6, 6.07) is 14.1. The van der Waals surface area contributed by atoms with E-state index in [0.717, 1.165) is 5.56 Å².